The zero-order chi connectivity index (χ0) is 15.1. The van der Waals surface area contributed by atoms with Crippen LogP contribution in [0.25, 0.3) is 5.52 Å². The van der Waals surface area contributed by atoms with Gasteiger partial charge in [0.15, 0.2) is 0 Å². The summed E-state index contributed by atoms with van der Waals surface area (Å²) in [5, 5.41) is 13.0. The monoisotopic (exact) mass is 291 g/mol. The third-order valence-electron chi connectivity index (χ3n) is 4.01. The van der Waals surface area contributed by atoms with Crippen LogP contribution in [0.1, 0.15) is 22.0 Å². The first-order valence-electron chi connectivity index (χ1n) is 7.05. The van der Waals surface area contributed by atoms with Gasteiger partial charge in [0.1, 0.15) is 6.07 Å². The third-order valence-corrected chi connectivity index (χ3v) is 4.01. The topological polar surface area (TPSA) is 66.3 Å². The first-order valence-corrected chi connectivity index (χ1v) is 7.05. The minimum absolute atomic E-state index is 0.0348. The van der Waals surface area contributed by atoms with E-state index in [0.29, 0.717) is 24.2 Å². The van der Waals surface area contributed by atoms with Gasteiger partial charge in [0.05, 0.1) is 23.4 Å². The van der Waals surface area contributed by atoms with Crippen molar-refractivity contribution in [3.8, 4) is 6.07 Å². The number of aromatic nitrogens is 3. The average Bonchev–Trinajstić information content (AvgIpc) is 3.12. The van der Waals surface area contributed by atoms with Gasteiger partial charge in [-0.2, -0.15) is 10.4 Å². The van der Waals surface area contributed by atoms with E-state index in [1.165, 1.54) is 0 Å². The molecule has 22 heavy (non-hydrogen) atoms. The van der Waals surface area contributed by atoms with Crippen molar-refractivity contribution in [1.29, 1.82) is 5.26 Å². The molecule has 1 saturated heterocycles. The zero-order valence-electron chi connectivity index (χ0n) is 11.8. The van der Waals surface area contributed by atoms with Crippen molar-refractivity contribution < 1.29 is 4.79 Å². The molecule has 1 amide bonds. The molecule has 0 aromatic carbocycles. The largest absolute Gasteiger partial charge is 0.334 e. The number of amides is 1. The van der Waals surface area contributed by atoms with E-state index >= 15 is 0 Å². The molecule has 0 saturated carbocycles. The third kappa shape index (κ3) is 1.95. The summed E-state index contributed by atoms with van der Waals surface area (Å²) >= 11 is 0. The Balaban J connectivity index is 1.48. The highest BCUT2D eigenvalue weighted by Gasteiger charge is 2.33. The lowest BCUT2D eigenvalue weighted by atomic mass is 10.1. The molecule has 0 N–H and O–H groups in total. The van der Waals surface area contributed by atoms with E-state index in [1.54, 1.807) is 22.0 Å². The minimum atomic E-state index is 0.0348. The van der Waals surface area contributed by atoms with Gasteiger partial charge in [0, 0.05) is 37.2 Å². The van der Waals surface area contributed by atoms with Crippen LogP contribution in [0.3, 0.4) is 0 Å². The van der Waals surface area contributed by atoms with Crippen LogP contribution in [0.5, 0.6) is 0 Å². The highest BCUT2D eigenvalue weighted by atomic mass is 16.2. The number of hydrogen-bond donors (Lipinski definition) is 0. The maximum Gasteiger partial charge on any atom is 0.255 e. The fraction of sp³-hybridized carbons (Fsp3) is 0.188. The highest BCUT2D eigenvalue weighted by Crippen LogP contribution is 2.23. The number of nitrogens with zero attached hydrogens (tertiary/aromatic N) is 5. The molecule has 4 heterocycles. The summed E-state index contributed by atoms with van der Waals surface area (Å²) in [5.41, 5.74) is 2.25. The molecular weight excluding hydrogens is 278 g/mol. The smallest absolute Gasteiger partial charge is 0.255 e. The van der Waals surface area contributed by atoms with E-state index in [-0.39, 0.29) is 11.9 Å². The zero-order valence-corrected chi connectivity index (χ0v) is 11.8. The normalized spacial score (nSPS) is 14.8. The van der Waals surface area contributed by atoms with E-state index in [2.05, 4.69) is 11.2 Å². The van der Waals surface area contributed by atoms with Crippen LogP contribution in [-0.4, -0.2) is 38.1 Å². The van der Waals surface area contributed by atoms with E-state index in [0.717, 1.165) is 5.52 Å². The van der Waals surface area contributed by atoms with Crippen molar-refractivity contribution in [2.45, 2.75) is 6.04 Å². The summed E-state index contributed by atoms with van der Waals surface area (Å²) in [5.74, 6) is 0.0348. The number of carbonyl (C=O) groups is 1. The fourth-order valence-electron chi connectivity index (χ4n) is 2.74. The van der Waals surface area contributed by atoms with E-state index in [1.807, 2.05) is 41.1 Å². The lowest BCUT2D eigenvalue weighted by Crippen LogP contribution is -2.50. The number of nitriles is 1. The molecule has 0 aliphatic carbocycles. The number of rotatable bonds is 2. The maximum atomic E-state index is 12.5. The average molecular weight is 291 g/mol. The molecule has 0 spiro atoms. The van der Waals surface area contributed by atoms with Crippen LogP contribution in [0, 0.1) is 11.3 Å². The van der Waals surface area contributed by atoms with Crippen LogP contribution in [-0.2, 0) is 0 Å². The number of likely N-dealkylation sites (tertiary alicyclic amines) is 1. The Bertz CT molecular complexity index is 862. The van der Waals surface area contributed by atoms with Gasteiger partial charge in [0.25, 0.3) is 5.91 Å². The molecule has 6 nitrogen and oxygen atoms in total. The summed E-state index contributed by atoms with van der Waals surface area (Å²) in [7, 11) is 0. The fourth-order valence-corrected chi connectivity index (χ4v) is 2.74. The quantitative estimate of drug-likeness (QED) is 0.722. The van der Waals surface area contributed by atoms with Crippen LogP contribution in [0.4, 0.5) is 0 Å². The van der Waals surface area contributed by atoms with Gasteiger partial charge >= 0.3 is 0 Å². The van der Waals surface area contributed by atoms with Gasteiger partial charge < -0.3 is 9.30 Å². The molecule has 1 aliphatic heterocycles. The molecule has 6 heteroatoms. The van der Waals surface area contributed by atoms with Crippen molar-refractivity contribution in [2.75, 3.05) is 13.1 Å². The Hall–Kier alpha value is -3.07. The second-order valence-electron chi connectivity index (χ2n) is 5.45. The summed E-state index contributed by atoms with van der Waals surface area (Å²) in [4.78, 5) is 14.3. The highest BCUT2D eigenvalue weighted by molar-refractivity contribution is 5.96. The summed E-state index contributed by atoms with van der Waals surface area (Å²) < 4.78 is 3.70. The van der Waals surface area contributed by atoms with Gasteiger partial charge in [-0.1, -0.05) is 6.07 Å². The van der Waals surface area contributed by atoms with Gasteiger partial charge in [-0.05, 0) is 18.2 Å². The lowest BCUT2D eigenvalue weighted by molar-refractivity contribution is 0.0501. The molecule has 3 aromatic heterocycles. The summed E-state index contributed by atoms with van der Waals surface area (Å²) in [6.07, 6.45) is 7.05. The Kier molecular flexibility index (Phi) is 2.73. The first-order chi connectivity index (χ1) is 10.7. The van der Waals surface area contributed by atoms with Crippen molar-refractivity contribution in [3.63, 3.8) is 0 Å². The predicted molar refractivity (Wildman–Crippen MR) is 79.3 cm³/mol. The molecule has 0 radical (unpaired) electrons. The van der Waals surface area contributed by atoms with Crippen molar-refractivity contribution in [3.05, 3.63) is 60.2 Å². The number of fused-ring (bicyclic) bond motifs is 1. The van der Waals surface area contributed by atoms with Crippen LogP contribution < -0.4 is 0 Å². The summed E-state index contributed by atoms with van der Waals surface area (Å²) in [6.45, 7) is 1.25. The molecule has 108 valence electrons. The maximum absolute atomic E-state index is 12.5. The molecule has 0 bridgehead atoms. The van der Waals surface area contributed by atoms with Gasteiger partial charge in [-0.15, -0.1) is 0 Å². The number of carbonyl (C=O) groups excluding carboxylic acids is 1. The molecular formula is C16H13N5O. The van der Waals surface area contributed by atoms with Gasteiger partial charge in [-0.3, -0.25) is 9.48 Å². The predicted octanol–water partition coefficient (Wildman–Crippen LogP) is 1.70. The van der Waals surface area contributed by atoms with Crippen LogP contribution in [0.15, 0.2) is 49.1 Å². The summed E-state index contributed by atoms with van der Waals surface area (Å²) in [6, 6.07) is 9.98. The van der Waals surface area contributed by atoms with E-state index in [4.69, 9.17) is 5.26 Å². The molecule has 3 aromatic rings. The first kappa shape index (κ1) is 12.7. The number of hydrogen-bond acceptors (Lipinski definition) is 3. The Morgan fingerprint density at radius 2 is 2.18 bits per heavy atom. The second kappa shape index (κ2) is 4.74. The van der Waals surface area contributed by atoms with E-state index in [9.17, 15) is 4.79 Å². The standard InChI is InChI=1S/C16H13N5O/c17-6-12-7-18-21(8-12)15-10-20(11-15)16(22)13-5-14-3-1-2-4-19(14)9-13/h1-5,7-9,15H,10-11H2. The van der Waals surface area contributed by atoms with Gasteiger partial charge in [0.2, 0.25) is 0 Å². The molecule has 0 atom stereocenters. The van der Waals surface area contributed by atoms with Crippen molar-refractivity contribution in [1.82, 2.24) is 19.1 Å². The number of pyridine rings is 1. The SMILES string of the molecule is N#Cc1cnn(C2CN(C(=O)c3cc4ccccn4c3)C2)c1. The molecule has 1 aliphatic rings. The van der Waals surface area contributed by atoms with Crippen molar-refractivity contribution >= 4 is 11.4 Å². The van der Waals surface area contributed by atoms with Gasteiger partial charge in [-0.25, -0.2) is 0 Å². The van der Waals surface area contributed by atoms with Crippen LogP contribution in [0.2, 0.25) is 0 Å². The molecule has 1 fully saturated rings. The van der Waals surface area contributed by atoms with Crippen LogP contribution >= 0.6 is 0 Å². The lowest BCUT2D eigenvalue weighted by Gasteiger charge is -2.39. The minimum Gasteiger partial charge on any atom is -0.334 e. The Morgan fingerprint density at radius 3 is 2.91 bits per heavy atom. The second-order valence-corrected chi connectivity index (χ2v) is 5.45. The molecule has 0 unspecified atom stereocenters. The Morgan fingerprint density at radius 1 is 1.32 bits per heavy atom. The molecule has 4 rings (SSSR count). The Labute approximate surface area is 126 Å². The van der Waals surface area contributed by atoms with Crippen molar-refractivity contribution in [2.24, 2.45) is 0 Å². The van der Waals surface area contributed by atoms with E-state index < -0.39 is 0 Å².